The quantitative estimate of drug-likeness (QED) is 0.666. The smallest absolute Gasteiger partial charge is 0.239 e. The van der Waals surface area contributed by atoms with Gasteiger partial charge in [0.25, 0.3) is 0 Å². The molecule has 1 saturated heterocycles. The molecule has 0 bridgehead atoms. The van der Waals surface area contributed by atoms with E-state index in [-0.39, 0.29) is 24.4 Å². The first-order valence-corrected chi connectivity index (χ1v) is 6.92. The zero-order valence-corrected chi connectivity index (χ0v) is 12.2. The Morgan fingerprint density at radius 1 is 1.42 bits per heavy atom. The van der Waals surface area contributed by atoms with Crippen LogP contribution in [0.2, 0.25) is 0 Å². The summed E-state index contributed by atoms with van der Waals surface area (Å²) in [4.78, 5) is 27.0. The minimum absolute atomic E-state index is 0.0343. The standard InChI is InChI=1S/C13H26N4O2/c1-4-5-15-12(18)8-16(3)13(19)9-17-6-10(2)11(14)7-17/h10-11H,4-9,14H2,1-3H3,(H,15,18). The van der Waals surface area contributed by atoms with E-state index >= 15 is 0 Å². The van der Waals surface area contributed by atoms with Crippen molar-refractivity contribution < 1.29 is 9.59 Å². The molecule has 1 fully saturated rings. The van der Waals surface area contributed by atoms with Crippen LogP contribution in [0.3, 0.4) is 0 Å². The zero-order chi connectivity index (χ0) is 14.4. The Hall–Kier alpha value is -1.14. The van der Waals surface area contributed by atoms with Gasteiger partial charge in [-0.1, -0.05) is 13.8 Å². The second-order valence-corrected chi connectivity index (χ2v) is 5.43. The predicted octanol–water partition coefficient (Wildman–Crippen LogP) is -0.750. The molecule has 0 aromatic heterocycles. The SMILES string of the molecule is CCCNC(=O)CN(C)C(=O)CN1CC(C)C(N)C1. The summed E-state index contributed by atoms with van der Waals surface area (Å²) in [7, 11) is 1.66. The molecule has 2 amide bonds. The second-order valence-electron chi connectivity index (χ2n) is 5.43. The Kier molecular flexibility index (Phi) is 6.24. The molecular formula is C13H26N4O2. The molecule has 3 N–H and O–H groups in total. The van der Waals surface area contributed by atoms with Crippen molar-refractivity contribution in [1.82, 2.24) is 15.1 Å². The highest BCUT2D eigenvalue weighted by Gasteiger charge is 2.28. The lowest BCUT2D eigenvalue weighted by Gasteiger charge is -2.21. The highest BCUT2D eigenvalue weighted by molar-refractivity contribution is 5.85. The van der Waals surface area contributed by atoms with Crippen molar-refractivity contribution in [2.75, 3.05) is 39.8 Å². The molecule has 0 spiro atoms. The number of likely N-dealkylation sites (tertiary alicyclic amines) is 1. The number of amides is 2. The molecule has 0 aromatic rings. The monoisotopic (exact) mass is 270 g/mol. The fourth-order valence-corrected chi connectivity index (χ4v) is 2.16. The van der Waals surface area contributed by atoms with E-state index in [1.807, 2.05) is 6.92 Å². The van der Waals surface area contributed by atoms with Crippen molar-refractivity contribution in [2.24, 2.45) is 11.7 Å². The van der Waals surface area contributed by atoms with E-state index in [1.54, 1.807) is 7.05 Å². The third-order valence-electron chi connectivity index (χ3n) is 3.48. The van der Waals surface area contributed by atoms with Crippen LogP contribution in [0.1, 0.15) is 20.3 Å². The number of nitrogens with two attached hydrogens (primary N) is 1. The molecule has 110 valence electrons. The number of carbonyl (C=O) groups is 2. The van der Waals surface area contributed by atoms with Crippen molar-refractivity contribution in [2.45, 2.75) is 26.3 Å². The van der Waals surface area contributed by atoms with Crippen LogP contribution >= 0.6 is 0 Å². The average Bonchev–Trinajstić information content (AvgIpc) is 2.65. The molecule has 1 heterocycles. The summed E-state index contributed by atoms with van der Waals surface area (Å²) in [6, 6.07) is 0.144. The molecule has 1 aliphatic rings. The largest absolute Gasteiger partial charge is 0.355 e. The van der Waals surface area contributed by atoms with E-state index in [2.05, 4.69) is 17.1 Å². The molecule has 1 aliphatic heterocycles. The number of likely N-dealkylation sites (N-methyl/N-ethyl adjacent to an activating group) is 1. The van der Waals surface area contributed by atoms with Gasteiger partial charge in [0, 0.05) is 32.7 Å². The van der Waals surface area contributed by atoms with Crippen LogP contribution in [0.25, 0.3) is 0 Å². The minimum Gasteiger partial charge on any atom is -0.355 e. The third kappa shape index (κ3) is 5.16. The average molecular weight is 270 g/mol. The molecule has 0 aliphatic carbocycles. The van der Waals surface area contributed by atoms with E-state index in [9.17, 15) is 9.59 Å². The fraction of sp³-hybridized carbons (Fsp3) is 0.846. The predicted molar refractivity (Wildman–Crippen MR) is 74.5 cm³/mol. The molecule has 6 nitrogen and oxygen atoms in total. The lowest BCUT2D eigenvalue weighted by molar-refractivity contribution is -0.135. The molecule has 19 heavy (non-hydrogen) atoms. The number of rotatable bonds is 6. The van der Waals surface area contributed by atoms with Gasteiger partial charge in [-0.3, -0.25) is 14.5 Å². The number of hydrogen-bond donors (Lipinski definition) is 2. The molecule has 6 heteroatoms. The number of nitrogens with one attached hydrogen (secondary N) is 1. The molecule has 0 saturated carbocycles. The van der Waals surface area contributed by atoms with Crippen molar-refractivity contribution in [3.05, 3.63) is 0 Å². The van der Waals surface area contributed by atoms with Crippen LogP contribution < -0.4 is 11.1 Å². The van der Waals surface area contributed by atoms with Gasteiger partial charge >= 0.3 is 0 Å². The Morgan fingerprint density at radius 2 is 2.11 bits per heavy atom. The minimum atomic E-state index is -0.107. The topological polar surface area (TPSA) is 78.7 Å². The summed E-state index contributed by atoms with van der Waals surface area (Å²) < 4.78 is 0. The summed E-state index contributed by atoms with van der Waals surface area (Å²) >= 11 is 0. The number of carbonyl (C=O) groups excluding carboxylic acids is 2. The van der Waals surface area contributed by atoms with Gasteiger partial charge in [0.2, 0.25) is 11.8 Å². The highest BCUT2D eigenvalue weighted by Crippen LogP contribution is 2.13. The van der Waals surface area contributed by atoms with Gasteiger partial charge in [0.05, 0.1) is 13.1 Å². The van der Waals surface area contributed by atoms with Crippen LogP contribution in [-0.2, 0) is 9.59 Å². The van der Waals surface area contributed by atoms with Gasteiger partial charge in [0.15, 0.2) is 0 Å². The Balaban J connectivity index is 2.31. The van der Waals surface area contributed by atoms with Crippen LogP contribution in [0.4, 0.5) is 0 Å². The van der Waals surface area contributed by atoms with Gasteiger partial charge in [-0.05, 0) is 12.3 Å². The number of hydrogen-bond acceptors (Lipinski definition) is 4. The Bertz CT molecular complexity index is 312. The fourth-order valence-electron chi connectivity index (χ4n) is 2.16. The highest BCUT2D eigenvalue weighted by atomic mass is 16.2. The van der Waals surface area contributed by atoms with E-state index in [0.717, 1.165) is 19.5 Å². The van der Waals surface area contributed by atoms with Crippen molar-refractivity contribution in [3.8, 4) is 0 Å². The maximum absolute atomic E-state index is 12.0. The molecule has 2 unspecified atom stereocenters. The van der Waals surface area contributed by atoms with Gasteiger partial charge in [-0.15, -0.1) is 0 Å². The van der Waals surface area contributed by atoms with E-state index in [1.165, 1.54) is 4.90 Å². The Labute approximate surface area is 115 Å². The van der Waals surface area contributed by atoms with Gasteiger partial charge in [0.1, 0.15) is 0 Å². The summed E-state index contributed by atoms with van der Waals surface area (Å²) in [6.07, 6.45) is 0.896. The zero-order valence-electron chi connectivity index (χ0n) is 12.2. The van der Waals surface area contributed by atoms with Crippen LogP contribution in [0.15, 0.2) is 0 Å². The van der Waals surface area contributed by atoms with Gasteiger partial charge in [-0.25, -0.2) is 0 Å². The van der Waals surface area contributed by atoms with Crippen molar-refractivity contribution >= 4 is 11.8 Å². The maximum atomic E-state index is 12.0. The lowest BCUT2D eigenvalue weighted by Crippen LogP contribution is -2.43. The Morgan fingerprint density at radius 3 is 2.63 bits per heavy atom. The van der Waals surface area contributed by atoms with Crippen molar-refractivity contribution in [1.29, 1.82) is 0 Å². The summed E-state index contributed by atoms with van der Waals surface area (Å²) in [5.74, 6) is 0.281. The first-order valence-electron chi connectivity index (χ1n) is 6.92. The van der Waals surface area contributed by atoms with Gasteiger partial charge in [-0.2, -0.15) is 0 Å². The summed E-state index contributed by atoms with van der Waals surface area (Å²) in [6.45, 7) is 6.80. The molecule has 0 aromatic carbocycles. The first kappa shape index (κ1) is 15.9. The normalized spacial score (nSPS) is 23.4. The summed E-state index contributed by atoms with van der Waals surface area (Å²) in [5, 5.41) is 2.76. The van der Waals surface area contributed by atoms with Crippen molar-refractivity contribution in [3.63, 3.8) is 0 Å². The lowest BCUT2D eigenvalue weighted by atomic mass is 10.1. The maximum Gasteiger partial charge on any atom is 0.239 e. The first-order chi connectivity index (χ1) is 8.93. The van der Waals surface area contributed by atoms with E-state index in [4.69, 9.17) is 5.73 Å². The molecular weight excluding hydrogens is 244 g/mol. The van der Waals surface area contributed by atoms with Crippen LogP contribution in [0, 0.1) is 5.92 Å². The second kappa shape index (κ2) is 7.45. The molecule has 0 radical (unpaired) electrons. The van der Waals surface area contributed by atoms with Crippen LogP contribution in [0.5, 0.6) is 0 Å². The third-order valence-corrected chi connectivity index (χ3v) is 3.48. The van der Waals surface area contributed by atoms with Gasteiger partial charge < -0.3 is 16.0 Å². The molecule has 1 rings (SSSR count). The van der Waals surface area contributed by atoms with E-state index < -0.39 is 0 Å². The summed E-state index contributed by atoms with van der Waals surface area (Å²) in [5.41, 5.74) is 5.93. The number of nitrogens with zero attached hydrogens (tertiary/aromatic N) is 2. The molecule has 2 atom stereocenters. The van der Waals surface area contributed by atoms with E-state index in [0.29, 0.717) is 19.0 Å². The van der Waals surface area contributed by atoms with Crippen LogP contribution in [-0.4, -0.2) is 67.4 Å².